The highest BCUT2D eigenvalue weighted by molar-refractivity contribution is 6.30. The van der Waals surface area contributed by atoms with Gasteiger partial charge in [-0.1, -0.05) is 29.8 Å². The first-order chi connectivity index (χ1) is 15.0. The average Bonchev–Trinajstić information content (AvgIpc) is 3.30. The third-order valence-corrected chi connectivity index (χ3v) is 6.76. The Hall–Kier alpha value is -2.50. The lowest BCUT2D eigenvalue weighted by molar-refractivity contribution is -0.138. The Bertz CT molecular complexity index is 1090. The number of hydrogen-bond donors (Lipinski definition) is 0. The molecular weight excluding hydrogens is 412 g/mol. The average molecular weight is 439 g/mol. The van der Waals surface area contributed by atoms with E-state index in [1.165, 1.54) is 0 Å². The van der Waals surface area contributed by atoms with Crippen LogP contribution in [0.3, 0.4) is 0 Å². The van der Waals surface area contributed by atoms with Gasteiger partial charge in [-0.2, -0.15) is 0 Å². The van der Waals surface area contributed by atoms with Gasteiger partial charge in [-0.3, -0.25) is 4.79 Å². The minimum atomic E-state index is -0.302. The predicted octanol–water partition coefficient (Wildman–Crippen LogP) is 4.60. The zero-order valence-electron chi connectivity index (χ0n) is 17.7. The van der Waals surface area contributed by atoms with E-state index in [0.29, 0.717) is 24.6 Å². The van der Waals surface area contributed by atoms with Crippen molar-refractivity contribution in [2.24, 2.45) is 7.05 Å². The molecule has 5 rings (SSSR count). The van der Waals surface area contributed by atoms with Gasteiger partial charge in [-0.25, -0.2) is 0 Å². The largest absolute Gasteiger partial charge is 0.488 e. The van der Waals surface area contributed by atoms with E-state index in [1.807, 2.05) is 48.3 Å². The van der Waals surface area contributed by atoms with Gasteiger partial charge in [0.25, 0.3) is 0 Å². The molecule has 3 aromatic rings. The van der Waals surface area contributed by atoms with Crippen LogP contribution in [0.4, 0.5) is 0 Å². The Morgan fingerprint density at radius 3 is 2.87 bits per heavy atom. The number of benzene rings is 2. The van der Waals surface area contributed by atoms with Crippen molar-refractivity contribution in [3.05, 3.63) is 65.3 Å². The predicted molar refractivity (Wildman–Crippen MR) is 122 cm³/mol. The second-order valence-electron chi connectivity index (χ2n) is 8.77. The molecule has 2 atom stereocenters. The van der Waals surface area contributed by atoms with E-state index in [0.717, 1.165) is 48.0 Å². The van der Waals surface area contributed by atoms with Crippen molar-refractivity contribution in [1.29, 1.82) is 0 Å². The van der Waals surface area contributed by atoms with Crippen molar-refractivity contribution < 1.29 is 14.3 Å². The van der Waals surface area contributed by atoms with Crippen LogP contribution in [0.15, 0.2) is 54.7 Å². The summed E-state index contributed by atoms with van der Waals surface area (Å²) in [6.45, 7) is 1.97. The fourth-order valence-corrected chi connectivity index (χ4v) is 5.15. The Morgan fingerprint density at radius 1 is 1.23 bits per heavy atom. The van der Waals surface area contributed by atoms with E-state index in [9.17, 15) is 4.79 Å². The molecule has 1 spiro atoms. The maximum atomic E-state index is 13.2. The van der Waals surface area contributed by atoms with Crippen LogP contribution in [0.1, 0.15) is 24.8 Å². The number of nitrogens with zero attached hydrogens (tertiary/aromatic N) is 2. The van der Waals surface area contributed by atoms with Gasteiger partial charge in [-0.15, -0.1) is 0 Å². The second-order valence-corrected chi connectivity index (χ2v) is 9.21. The molecule has 0 unspecified atom stereocenters. The summed E-state index contributed by atoms with van der Waals surface area (Å²) in [5.41, 5.74) is 1.93. The van der Waals surface area contributed by atoms with Gasteiger partial charge in [-0.05, 0) is 48.7 Å². The lowest BCUT2D eigenvalue weighted by atomic mass is 9.89. The molecule has 31 heavy (non-hydrogen) atoms. The summed E-state index contributed by atoms with van der Waals surface area (Å²) in [5, 5.41) is 1.85. The molecule has 3 heterocycles. The topological polar surface area (TPSA) is 43.7 Å². The minimum absolute atomic E-state index is 0.00528. The summed E-state index contributed by atoms with van der Waals surface area (Å²) >= 11 is 5.96. The number of amides is 1. The monoisotopic (exact) mass is 438 g/mol. The number of para-hydroxylation sites is 1. The standard InChI is InChI=1S/C25H27ClN2O3/c1-27-15-18(22-5-2-3-6-23(22)27)13-24(29)28-12-4-11-25(17-28)14-21(16-30-25)31-20-9-7-19(26)8-10-20/h2-3,5-10,15,21H,4,11-14,16-17H2,1H3/t21-,25+/m1/s1. The molecule has 6 heteroatoms. The van der Waals surface area contributed by atoms with Gasteiger partial charge in [0.2, 0.25) is 5.91 Å². The molecule has 2 aliphatic rings. The Balaban J connectivity index is 1.24. The number of carbonyl (C=O) groups excluding carboxylic acids is 1. The maximum absolute atomic E-state index is 13.2. The second kappa shape index (κ2) is 8.21. The number of fused-ring (bicyclic) bond motifs is 1. The number of aryl methyl sites for hydroxylation is 1. The molecule has 1 amide bonds. The van der Waals surface area contributed by atoms with Crippen LogP contribution < -0.4 is 4.74 Å². The summed E-state index contributed by atoms with van der Waals surface area (Å²) in [6.07, 6.45) is 5.20. The molecule has 1 aromatic heterocycles. The first-order valence-corrected chi connectivity index (χ1v) is 11.3. The molecule has 5 nitrogen and oxygen atoms in total. The first kappa shape index (κ1) is 20.4. The fraction of sp³-hybridized carbons (Fsp3) is 0.400. The van der Waals surface area contributed by atoms with Gasteiger partial charge >= 0.3 is 0 Å². The van der Waals surface area contributed by atoms with Gasteiger partial charge < -0.3 is 18.9 Å². The van der Waals surface area contributed by atoms with E-state index in [2.05, 4.69) is 22.9 Å². The molecule has 0 N–H and O–H groups in total. The number of ether oxygens (including phenoxy) is 2. The van der Waals surface area contributed by atoms with Crippen molar-refractivity contribution in [1.82, 2.24) is 9.47 Å². The van der Waals surface area contributed by atoms with Crippen molar-refractivity contribution in [3.63, 3.8) is 0 Å². The van der Waals surface area contributed by atoms with Crippen LogP contribution in [-0.4, -0.2) is 46.8 Å². The van der Waals surface area contributed by atoms with Crippen molar-refractivity contribution >= 4 is 28.4 Å². The summed E-state index contributed by atoms with van der Waals surface area (Å²) in [5.74, 6) is 0.968. The van der Waals surface area contributed by atoms with Gasteiger partial charge in [0.1, 0.15) is 11.9 Å². The SMILES string of the molecule is Cn1cc(CC(=O)N2CCC[C@]3(C[C@@H](Oc4ccc(Cl)cc4)CO3)C2)c2ccccc21. The number of hydrogen-bond acceptors (Lipinski definition) is 3. The van der Waals surface area contributed by atoms with Crippen LogP contribution in [0.5, 0.6) is 5.75 Å². The molecule has 2 aromatic carbocycles. The molecule has 0 bridgehead atoms. The first-order valence-electron chi connectivity index (χ1n) is 10.9. The van der Waals surface area contributed by atoms with Gasteiger partial charge in [0.05, 0.1) is 18.6 Å². The van der Waals surface area contributed by atoms with Crippen LogP contribution >= 0.6 is 11.6 Å². The zero-order valence-corrected chi connectivity index (χ0v) is 18.5. The molecule has 0 radical (unpaired) electrons. The third-order valence-electron chi connectivity index (χ3n) is 6.50. The van der Waals surface area contributed by atoms with Crippen molar-refractivity contribution in [3.8, 4) is 5.75 Å². The Kier molecular flexibility index (Phi) is 5.40. The normalized spacial score (nSPS) is 23.5. The Labute approximate surface area is 187 Å². The number of rotatable bonds is 4. The smallest absolute Gasteiger partial charge is 0.227 e. The van der Waals surface area contributed by atoms with Crippen molar-refractivity contribution in [2.45, 2.75) is 37.4 Å². The maximum Gasteiger partial charge on any atom is 0.227 e. The Morgan fingerprint density at radius 2 is 2.03 bits per heavy atom. The van der Waals surface area contributed by atoms with Crippen LogP contribution in [0.2, 0.25) is 5.02 Å². The molecule has 2 fully saturated rings. The van der Waals surface area contributed by atoms with Crippen LogP contribution in [0, 0.1) is 0 Å². The molecule has 2 aliphatic heterocycles. The van der Waals surface area contributed by atoms with Crippen LogP contribution in [0.25, 0.3) is 10.9 Å². The molecule has 0 saturated carbocycles. The zero-order chi connectivity index (χ0) is 21.4. The summed E-state index contributed by atoms with van der Waals surface area (Å²) < 4.78 is 14.4. The quantitative estimate of drug-likeness (QED) is 0.597. The third kappa shape index (κ3) is 4.17. The van der Waals surface area contributed by atoms with E-state index >= 15 is 0 Å². The molecular formula is C25H27ClN2O3. The summed E-state index contributed by atoms with van der Waals surface area (Å²) in [7, 11) is 2.03. The van der Waals surface area contributed by atoms with Gasteiger partial charge in [0, 0.05) is 48.7 Å². The van der Waals surface area contributed by atoms with Crippen molar-refractivity contribution in [2.75, 3.05) is 19.7 Å². The number of carbonyl (C=O) groups is 1. The highest BCUT2D eigenvalue weighted by Crippen LogP contribution is 2.36. The highest BCUT2D eigenvalue weighted by atomic mass is 35.5. The van der Waals surface area contributed by atoms with E-state index in [4.69, 9.17) is 21.1 Å². The minimum Gasteiger partial charge on any atom is -0.488 e. The number of piperidine rings is 1. The number of aromatic nitrogens is 1. The fourth-order valence-electron chi connectivity index (χ4n) is 5.02. The summed E-state index contributed by atoms with van der Waals surface area (Å²) in [6, 6.07) is 15.7. The number of halogens is 1. The molecule has 0 aliphatic carbocycles. The lowest BCUT2D eigenvalue weighted by Gasteiger charge is -2.39. The summed E-state index contributed by atoms with van der Waals surface area (Å²) in [4.78, 5) is 15.2. The molecule has 162 valence electrons. The van der Waals surface area contributed by atoms with E-state index < -0.39 is 0 Å². The lowest BCUT2D eigenvalue weighted by Crippen LogP contribution is -2.50. The molecule has 2 saturated heterocycles. The van der Waals surface area contributed by atoms with E-state index in [-0.39, 0.29) is 17.6 Å². The van der Waals surface area contributed by atoms with Crippen LogP contribution in [-0.2, 0) is 23.0 Å². The van der Waals surface area contributed by atoms with Gasteiger partial charge in [0.15, 0.2) is 0 Å². The highest BCUT2D eigenvalue weighted by Gasteiger charge is 2.45. The van der Waals surface area contributed by atoms with E-state index in [1.54, 1.807) is 0 Å². The number of likely N-dealkylation sites (tertiary alicyclic amines) is 1.